The average Bonchev–Trinajstić information content (AvgIpc) is 2.53. The molecule has 0 fully saturated rings. The lowest BCUT2D eigenvalue weighted by Gasteiger charge is -2.17. The van der Waals surface area contributed by atoms with E-state index in [4.69, 9.17) is 11.6 Å². The van der Waals surface area contributed by atoms with Gasteiger partial charge in [-0.25, -0.2) is 0 Å². The van der Waals surface area contributed by atoms with E-state index in [0.29, 0.717) is 17.9 Å². The van der Waals surface area contributed by atoms with E-state index in [9.17, 15) is 0 Å². The zero-order valence-corrected chi connectivity index (χ0v) is 13.9. The highest BCUT2D eigenvalue weighted by Gasteiger charge is 2.11. The molecule has 0 unspecified atom stereocenters. The van der Waals surface area contributed by atoms with E-state index in [-0.39, 0.29) is 11.3 Å². The molecule has 6 heteroatoms. The lowest BCUT2D eigenvalue weighted by molar-refractivity contribution is 0.663. The monoisotopic (exact) mass is 319 g/mol. The summed E-state index contributed by atoms with van der Waals surface area (Å²) in [5.41, 5.74) is 1.16. The Balaban J connectivity index is 2.12. The van der Waals surface area contributed by atoms with Crippen molar-refractivity contribution in [3.63, 3.8) is 0 Å². The third kappa shape index (κ3) is 4.56. The Morgan fingerprint density at radius 1 is 0.955 bits per heavy atom. The zero-order valence-electron chi connectivity index (χ0n) is 13.2. The molecule has 1 aromatic heterocycles. The van der Waals surface area contributed by atoms with Gasteiger partial charge in [-0.15, -0.1) is 0 Å². The Hall–Kier alpha value is -1.88. The van der Waals surface area contributed by atoms with Gasteiger partial charge in [-0.3, -0.25) is 0 Å². The van der Waals surface area contributed by atoms with Gasteiger partial charge >= 0.3 is 0 Å². The summed E-state index contributed by atoms with van der Waals surface area (Å²) < 4.78 is 0. The van der Waals surface area contributed by atoms with Crippen molar-refractivity contribution in [2.24, 2.45) is 0 Å². The highest BCUT2D eigenvalue weighted by atomic mass is 35.5. The molecule has 0 amide bonds. The minimum Gasteiger partial charge on any atom is -0.351 e. The largest absolute Gasteiger partial charge is 0.351 e. The lowest BCUT2D eigenvalue weighted by Crippen LogP contribution is -2.20. The third-order valence-electron chi connectivity index (χ3n) is 3.57. The van der Waals surface area contributed by atoms with Crippen LogP contribution in [-0.4, -0.2) is 21.0 Å². The van der Waals surface area contributed by atoms with Crippen LogP contribution in [0.25, 0.3) is 0 Å². The number of aromatic nitrogens is 3. The van der Waals surface area contributed by atoms with Gasteiger partial charge in [0, 0.05) is 6.04 Å². The maximum atomic E-state index is 6.01. The molecule has 0 bridgehead atoms. The first-order chi connectivity index (χ1) is 10.6. The Bertz CT molecular complexity index is 586. The van der Waals surface area contributed by atoms with Crippen LogP contribution in [0.5, 0.6) is 0 Å². The number of hydrogen-bond acceptors (Lipinski definition) is 5. The minimum atomic E-state index is 0.0839. The van der Waals surface area contributed by atoms with Crippen molar-refractivity contribution >= 4 is 23.5 Å². The van der Waals surface area contributed by atoms with Gasteiger partial charge < -0.3 is 10.6 Å². The molecule has 0 aliphatic carbocycles. The fraction of sp³-hybridized carbons (Fsp3) is 0.438. The minimum absolute atomic E-state index is 0.0839. The van der Waals surface area contributed by atoms with Crippen LogP contribution in [0.15, 0.2) is 30.3 Å². The molecule has 5 nitrogen and oxygen atoms in total. The summed E-state index contributed by atoms with van der Waals surface area (Å²) >= 11 is 6.01. The van der Waals surface area contributed by atoms with Gasteiger partial charge in [-0.1, -0.05) is 44.2 Å². The molecule has 0 saturated carbocycles. The fourth-order valence-electron chi connectivity index (χ4n) is 2.17. The fourth-order valence-corrected chi connectivity index (χ4v) is 2.33. The van der Waals surface area contributed by atoms with Crippen molar-refractivity contribution in [2.45, 2.75) is 45.7 Å². The molecule has 1 heterocycles. The summed E-state index contributed by atoms with van der Waals surface area (Å²) in [6.45, 7) is 6.31. The van der Waals surface area contributed by atoms with E-state index in [1.165, 1.54) is 0 Å². The SMILES string of the molecule is CCC(CC)Nc1nc(Cl)nc(N[C@H](C)c2ccccc2)n1. The topological polar surface area (TPSA) is 62.7 Å². The first-order valence-electron chi connectivity index (χ1n) is 7.62. The summed E-state index contributed by atoms with van der Waals surface area (Å²) in [5.74, 6) is 0.987. The molecule has 1 aromatic carbocycles. The number of nitrogens with one attached hydrogen (secondary N) is 2. The number of halogens is 1. The second-order valence-electron chi connectivity index (χ2n) is 5.19. The van der Waals surface area contributed by atoms with Crippen LogP contribution in [-0.2, 0) is 0 Å². The summed E-state index contributed by atoms with van der Waals surface area (Å²) in [6.07, 6.45) is 2.01. The number of nitrogens with zero attached hydrogens (tertiary/aromatic N) is 3. The van der Waals surface area contributed by atoms with Crippen molar-refractivity contribution < 1.29 is 0 Å². The molecule has 2 aromatic rings. The van der Waals surface area contributed by atoms with Crippen molar-refractivity contribution in [2.75, 3.05) is 10.6 Å². The Labute approximate surface area is 136 Å². The first kappa shape index (κ1) is 16.5. The second kappa shape index (κ2) is 7.94. The smallest absolute Gasteiger partial charge is 0.229 e. The highest BCUT2D eigenvalue weighted by molar-refractivity contribution is 6.28. The van der Waals surface area contributed by atoms with E-state index in [2.05, 4.69) is 58.5 Å². The van der Waals surface area contributed by atoms with Crippen molar-refractivity contribution in [3.05, 3.63) is 41.2 Å². The van der Waals surface area contributed by atoms with Crippen LogP contribution in [0.3, 0.4) is 0 Å². The molecule has 118 valence electrons. The molecule has 0 spiro atoms. The van der Waals surface area contributed by atoms with E-state index in [1.807, 2.05) is 18.2 Å². The molecule has 0 aliphatic rings. The van der Waals surface area contributed by atoms with Crippen LogP contribution >= 0.6 is 11.6 Å². The first-order valence-corrected chi connectivity index (χ1v) is 7.99. The van der Waals surface area contributed by atoms with E-state index in [0.717, 1.165) is 18.4 Å². The molecule has 0 aliphatic heterocycles. The number of hydrogen-bond donors (Lipinski definition) is 2. The predicted molar refractivity (Wildman–Crippen MR) is 91.3 cm³/mol. The Morgan fingerprint density at radius 2 is 1.55 bits per heavy atom. The zero-order chi connectivity index (χ0) is 15.9. The molecular formula is C16H22ClN5. The van der Waals surface area contributed by atoms with E-state index in [1.54, 1.807) is 0 Å². The van der Waals surface area contributed by atoms with Crippen molar-refractivity contribution in [3.8, 4) is 0 Å². The van der Waals surface area contributed by atoms with E-state index < -0.39 is 0 Å². The van der Waals surface area contributed by atoms with Crippen LogP contribution in [0.4, 0.5) is 11.9 Å². The average molecular weight is 320 g/mol. The van der Waals surface area contributed by atoms with Crippen molar-refractivity contribution in [1.82, 2.24) is 15.0 Å². The van der Waals surface area contributed by atoms with Gasteiger partial charge in [0.15, 0.2) is 0 Å². The molecule has 22 heavy (non-hydrogen) atoms. The van der Waals surface area contributed by atoms with Gasteiger partial charge in [-0.05, 0) is 36.9 Å². The van der Waals surface area contributed by atoms with Gasteiger partial charge in [0.1, 0.15) is 0 Å². The molecule has 2 rings (SSSR count). The van der Waals surface area contributed by atoms with Gasteiger partial charge in [0.2, 0.25) is 17.2 Å². The summed E-state index contributed by atoms with van der Waals surface area (Å²) in [7, 11) is 0. The maximum Gasteiger partial charge on any atom is 0.229 e. The Morgan fingerprint density at radius 3 is 2.14 bits per heavy atom. The second-order valence-corrected chi connectivity index (χ2v) is 5.52. The maximum absolute atomic E-state index is 6.01. The van der Waals surface area contributed by atoms with Crippen LogP contribution in [0.2, 0.25) is 5.28 Å². The third-order valence-corrected chi connectivity index (χ3v) is 3.74. The Kier molecular flexibility index (Phi) is 5.95. The van der Waals surface area contributed by atoms with Crippen LogP contribution in [0.1, 0.15) is 45.2 Å². The van der Waals surface area contributed by atoms with Gasteiger partial charge in [-0.2, -0.15) is 15.0 Å². The molecule has 1 atom stereocenters. The predicted octanol–water partition coefficient (Wildman–Crippen LogP) is 4.30. The number of anilines is 2. The van der Waals surface area contributed by atoms with Gasteiger partial charge in [0.05, 0.1) is 6.04 Å². The standard InChI is InChI=1S/C16H22ClN5/c1-4-13(5-2)19-16-21-14(17)20-15(22-16)18-11(3)12-9-7-6-8-10-12/h6-11,13H,4-5H2,1-3H3,(H2,18,19,20,21,22)/t11-/m1/s1. The van der Waals surface area contributed by atoms with Gasteiger partial charge in [0.25, 0.3) is 0 Å². The summed E-state index contributed by atoms with van der Waals surface area (Å²) in [5, 5.41) is 6.73. The number of benzene rings is 1. The summed E-state index contributed by atoms with van der Waals surface area (Å²) in [4.78, 5) is 12.7. The van der Waals surface area contributed by atoms with Crippen LogP contribution in [0, 0.1) is 0 Å². The molecule has 0 radical (unpaired) electrons. The quantitative estimate of drug-likeness (QED) is 0.796. The molecule has 0 saturated heterocycles. The summed E-state index contributed by atoms with van der Waals surface area (Å²) in [6, 6.07) is 10.5. The van der Waals surface area contributed by atoms with E-state index >= 15 is 0 Å². The number of rotatable bonds is 7. The molecule has 2 N–H and O–H groups in total. The highest BCUT2D eigenvalue weighted by Crippen LogP contribution is 2.18. The normalized spacial score (nSPS) is 12.2. The lowest BCUT2D eigenvalue weighted by atomic mass is 10.1. The molecular weight excluding hydrogens is 298 g/mol. The van der Waals surface area contributed by atoms with Crippen LogP contribution < -0.4 is 10.6 Å². The van der Waals surface area contributed by atoms with Crippen molar-refractivity contribution in [1.29, 1.82) is 0 Å².